The quantitative estimate of drug-likeness (QED) is 0.460. The molecule has 0 fully saturated rings. The molecule has 0 spiro atoms. The number of fused-ring (bicyclic) bond motifs is 2. The Morgan fingerprint density at radius 2 is 1.67 bits per heavy atom. The van der Waals surface area contributed by atoms with Crippen LogP contribution in [-0.4, -0.2) is 25.1 Å². The number of carbonyl (C=O) groups is 1. The van der Waals surface area contributed by atoms with Crippen molar-refractivity contribution in [3.8, 4) is 11.5 Å². The van der Waals surface area contributed by atoms with E-state index in [1.54, 1.807) is 50.7 Å². The van der Waals surface area contributed by atoms with Gasteiger partial charge in [-0.3, -0.25) is 14.5 Å². The Balaban J connectivity index is 1.81. The van der Waals surface area contributed by atoms with Crippen molar-refractivity contribution in [2.24, 2.45) is 0 Å². The number of nitrogens with zero attached hydrogens (tertiary/aromatic N) is 2. The summed E-state index contributed by atoms with van der Waals surface area (Å²) in [4.78, 5) is 33.3. The molecule has 7 nitrogen and oxygen atoms in total. The molecule has 2 aromatic carbocycles. The monoisotopic (exact) mass is 442 g/mol. The number of ether oxygens (including phenoxy) is 2. The van der Waals surface area contributed by atoms with Gasteiger partial charge in [0, 0.05) is 6.20 Å². The molecule has 2 aromatic heterocycles. The largest absolute Gasteiger partial charge is 0.493 e. The Morgan fingerprint density at radius 1 is 0.909 bits per heavy atom. The second-order valence-electron chi connectivity index (χ2n) is 8.06. The van der Waals surface area contributed by atoms with E-state index in [1.807, 2.05) is 32.0 Å². The number of benzene rings is 2. The van der Waals surface area contributed by atoms with E-state index in [4.69, 9.17) is 13.9 Å². The molecule has 7 heteroatoms. The zero-order valence-electron chi connectivity index (χ0n) is 18.7. The minimum absolute atomic E-state index is 0.0264. The predicted octanol–water partition coefficient (Wildman–Crippen LogP) is 4.57. The number of hydrogen-bond acceptors (Lipinski definition) is 6. The van der Waals surface area contributed by atoms with E-state index >= 15 is 0 Å². The lowest BCUT2D eigenvalue weighted by molar-refractivity contribution is 0.0970. The van der Waals surface area contributed by atoms with Crippen LogP contribution in [0.25, 0.3) is 11.0 Å². The van der Waals surface area contributed by atoms with Gasteiger partial charge in [0.15, 0.2) is 16.9 Å². The van der Waals surface area contributed by atoms with Gasteiger partial charge >= 0.3 is 0 Å². The maximum atomic E-state index is 13.7. The normalized spacial score (nSPS) is 15.1. The van der Waals surface area contributed by atoms with Gasteiger partial charge in [0.2, 0.25) is 5.76 Å². The molecule has 3 heterocycles. The molecule has 4 aromatic rings. The van der Waals surface area contributed by atoms with Crippen LogP contribution in [0.5, 0.6) is 11.5 Å². The van der Waals surface area contributed by atoms with Crippen molar-refractivity contribution in [3.05, 3.63) is 93.0 Å². The standard InChI is InChI=1S/C26H22N2O5/c1-14-5-8-18-17(11-14)24(29)22-23(16-7-9-19(31-3)20(12-16)32-4)28(26(30)25(22)33-18)21-10-6-15(2)13-27-21/h5-13,23H,1-4H3. The highest BCUT2D eigenvalue weighted by Gasteiger charge is 2.44. The smallest absolute Gasteiger partial charge is 0.296 e. The van der Waals surface area contributed by atoms with E-state index in [-0.39, 0.29) is 16.8 Å². The summed E-state index contributed by atoms with van der Waals surface area (Å²) in [5, 5.41) is 0.436. The molecule has 0 saturated heterocycles. The van der Waals surface area contributed by atoms with Gasteiger partial charge in [0.25, 0.3) is 5.91 Å². The highest BCUT2D eigenvalue weighted by Crippen LogP contribution is 2.42. The first-order valence-electron chi connectivity index (χ1n) is 10.5. The van der Waals surface area contributed by atoms with Crippen molar-refractivity contribution >= 4 is 22.7 Å². The SMILES string of the molecule is COc1ccc(C2c3c(oc4ccc(C)cc4c3=O)C(=O)N2c2ccc(C)cn2)cc1OC. The first-order valence-corrected chi connectivity index (χ1v) is 10.5. The average molecular weight is 442 g/mol. The van der Waals surface area contributed by atoms with Gasteiger partial charge in [-0.1, -0.05) is 23.8 Å². The third kappa shape index (κ3) is 3.24. The van der Waals surface area contributed by atoms with Crippen molar-refractivity contribution in [1.82, 2.24) is 4.98 Å². The van der Waals surface area contributed by atoms with Gasteiger partial charge in [-0.05, 0) is 55.3 Å². The van der Waals surface area contributed by atoms with Crippen LogP contribution < -0.4 is 19.8 Å². The molecule has 166 valence electrons. The first kappa shape index (κ1) is 20.8. The molecule has 1 aliphatic rings. The molecule has 33 heavy (non-hydrogen) atoms. The molecule has 0 N–H and O–H groups in total. The minimum atomic E-state index is -0.733. The maximum Gasteiger partial charge on any atom is 0.296 e. The molecular formula is C26H22N2O5. The fraction of sp³-hybridized carbons (Fsp3) is 0.192. The van der Waals surface area contributed by atoms with Crippen molar-refractivity contribution in [3.63, 3.8) is 0 Å². The molecule has 1 atom stereocenters. The highest BCUT2D eigenvalue weighted by atomic mass is 16.5. The summed E-state index contributed by atoms with van der Waals surface area (Å²) in [6, 6.07) is 13.6. The number of methoxy groups -OCH3 is 2. The number of hydrogen-bond donors (Lipinski definition) is 0. The molecule has 0 radical (unpaired) electrons. The van der Waals surface area contributed by atoms with Crippen LogP contribution in [0, 0.1) is 13.8 Å². The van der Waals surface area contributed by atoms with Crippen molar-refractivity contribution in [1.29, 1.82) is 0 Å². The topological polar surface area (TPSA) is 81.9 Å². The van der Waals surface area contributed by atoms with Crippen LogP contribution in [0.15, 0.2) is 63.9 Å². The van der Waals surface area contributed by atoms with E-state index in [9.17, 15) is 9.59 Å². The summed E-state index contributed by atoms with van der Waals surface area (Å²) in [6.07, 6.45) is 1.69. The van der Waals surface area contributed by atoms with Crippen LogP contribution in [0.4, 0.5) is 5.82 Å². The Kier molecular flexibility index (Phi) is 4.89. The zero-order chi connectivity index (χ0) is 23.3. The Bertz CT molecular complexity index is 1460. The molecular weight excluding hydrogens is 420 g/mol. The molecule has 1 unspecified atom stereocenters. The van der Waals surface area contributed by atoms with Crippen molar-refractivity contribution in [2.45, 2.75) is 19.9 Å². The predicted molar refractivity (Wildman–Crippen MR) is 124 cm³/mol. The van der Waals surface area contributed by atoms with E-state index in [1.165, 1.54) is 4.90 Å². The fourth-order valence-corrected chi connectivity index (χ4v) is 4.26. The summed E-state index contributed by atoms with van der Waals surface area (Å²) in [6.45, 7) is 3.83. The van der Waals surface area contributed by atoms with E-state index in [0.29, 0.717) is 33.8 Å². The van der Waals surface area contributed by atoms with Gasteiger partial charge in [-0.15, -0.1) is 0 Å². The number of amides is 1. The molecule has 0 aliphatic carbocycles. The summed E-state index contributed by atoms with van der Waals surface area (Å²) in [5.41, 5.74) is 2.99. The molecule has 0 bridgehead atoms. The summed E-state index contributed by atoms with van der Waals surface area (Å²) in [5.74, 6) is 1.08. The molecule has 5 rings (SSSR count). The van der Waals surface area contributed by atoms with Crippen LogP contribution in [-0.2, 0) is 0 Å². The lowest BCUT2D eigenvalue weighted by atomic mass is 9.97. The summed E-state index contributed by atoms with van der Waals surface area (Å²) in [7, 11) is 3.09. The second-order valence-corrected chi connectivity index (χ2v) is 8.06. The molecule has 0 saturated carbocycles. The number of rotatable bonds is 4. The van der Waals surface area contributed by atoms with Crippen LogP contribution in [0.2, 0.25) is 0 Å². The third-order valence-corrected chi connectivity index (χ3v) is 5.89. The van der Waals surface area contributed by atoms with Gasteiger partial charge in [0.05, 0.1) is 31.2 Å². The Labute approximate surface area is 190 Å². The number of anilines is 1. The minimum Gasteiger partial charge on any atom is -0.493 e. The summed E-state index contributed by atoms with van der Waals surface area (Å²) >= 11 is 0. The van der Waals surface area contributed by atoms with Gasteiger partial charge in [-0.25, -0.2) is 4.98 Å². The van der Waals surface area contributed by atoms with E-state index in [0.717, 1.165) is 11.1 Å². The number of aromatic nitrogens is 1. The van der Waals surface area contributed by atoms with E-state index < -0.39 is 11.9 Å². The average Bonchev–Trinajstić information content (AvgIpc) is 3.12. The van der Waals surface area contributed by atoms with Gasteiger partial charge in [0.1, 0.15) is 11.4 Å². The number of aryl methyl sites for hydroxylation is 2. The first-order chi connectivity index (χ1) is 15.9. The fourth-order valence-electron chi connectivity index (χ4n) is 4.26. The highest BCUT2D eigenvalue weighted by molar-refractivity contribution is 6.10. The Hall–Kier alpha value is -4.13. The van der Waals surface area contributed by atoms with Crippen molar-refractivity contribution < 1.29 is 18.7 Å². The van der Waals surface area contributed by atoms with Crippen LogP contribution in [0.3, 0.4) is 0 Å². The number of pyridine rings is 1. The van der Waals surface area contributed by atoms with E-state index in [2.05, 4.69) is 4.98 Å². The second kappa shape index (κ2) is 7.78. The maximum absolute atomic E-state index is 13.7. The van der Waals surface area contributed by atoms with Crippen LogP contribution >= 0.6 is 0 Å². The van der Waals surface area contributed by atoms with Gasteiger partial charge < -0.3 is 13.9 Å². The Morgan fingerprint density at radius 3 is 2.36 bits per heavy atom. The summed E-state index contributed by atoms with van der Waals surface area (Å²) < 4.78 is 16.9. The van der Waals surface area contributed by atoms with Gasteiger partial charge in [-0.2, -0.15) is 0 Å². The lowest BCUT2D eigenvalue weighted by Crippen LogP contribution is -2.30. The third-order valence-electron chi connectivity index (χ3n) is 5.89. The zero-order valence-corrected chi connectivity index (χ0v) is 18.7. The molecule has 1 aliphatic heterocycles. The van der Waals surface area contributed by atoms with Crippen LogP contribution in [0.1, 0.15) is 38.9 Å². The van der Waals surface area contributed by atoms with Crippen molar-refractivity contribution in [2.75, 3.05) is 19.1 Å². The number of carbonyl (C=O) groups excluding carboxylic acids is 1. The molecule has 1 amide bonds. The lowest BCUT2D eigenvalue weighted by Gasteiger charge is -2.25.